The molecule has 0 aromatic heterocycles. The van der Waals surface area contributed by atoms with Crippen molar-refractivity contribution in [3.8, 4) is 5.75 Å². The summed E-state index contributed by atoms with van der Waals surface area (Å²) in [5.74, 6) is -1.46. The average Bonchev–Trinajstić information content (AvgIpc) is 2.37. The summed E-state index contributed by atoms with van der Waals surface area (Å²) in [4.78, 5) is 22.0. The van der Waals surface area contributed by atoms with E-state index in [2.05, 4.69) is 5.32 Å². The van der Waals surface area contributed by atoms with Gasteiger partial charge in [0.05, 0.1) is 5.02 Å². The highest BCUT2D eigenvalue weighted by Crippen LogP contribution is 2.24. The highest BCUT2D eigenvalue weighted by molar-refractivity contribution is 6.32. The fourth-order valence-electron chi connectivity index (χ4n) is 1.68. The molecule has 116 valence electrons. The number of carbonyl (C=O) groups is 2. The normalized spacial score (nSPS) is 11.8. The summed E-state index contributed by atoms with van der Waals surface area (Å²) in [6, 6.07) is 3.49. The molecule has 0 aliphatic carbocycles. The molecule has 7 heteroatoms. The Hall–Kier alpha value is -1.82. The van der Waals surface area contributed by atoms with Gasteiger partial charge >= 0.3 is 5.97 Å². The fourth-order valence-corrected chi connectivity index (χ4v) is 1.91. The largest absolute Gasteiger partial charge is 0.482 e. The van der Waals surface area contributed by atoms with Crippen molar-refractivity contribution in [3.63, 3.8) is 0 Å². The van der Waals surface area contributed by atoms with E-state index in [1.165, 1.54) is 12.1 Å². The number of hydrogen-bond donors (Lipinski definition) is 2. The van der Waals surface area contributed by atoms with Crippen LogP contribution >= 0.6 is 11.6 Å². The molecule has 21 heavy (non-hydrogen) atoms. The Morgan fingerprint density at radius 1 is 1.48 bits per heavy atom. The minimum absolute atomic E-state index is 0.0713. The van der Waals surface area contributed by atoms with Crippen LogP contribution in [0.5, 0.6) is 5.75 Å². The first kappa shape index (κ1) is 17.2. The third-order valence-corrected chi connectivity index (χ3v) is 2.98. The summed E-state index contributed by atoms with van der Waals surface area (Å²) in [7, 11) is 0. The second-order valence-corrected chi connectivity index (χ2v) is 5.03. The van der Waals surface area contributed by atoms with Crippen molar-refractivity contribution in [2.75, 3.05) is 6.61 Å². The molecular weight excluding hydrogens is 301 g/mol. The molecule has 0 spiro atoms. The molecule has 0 aliphatic rings. The Balaban J connectivity index is 2.31. The lowest BCUT2D eigenvalue weighted by molar-refractivity contribution is -0.137. The smallest absolute Gasteiger partial charge is 0.303 e. The molecule has 0 radical (unpaired) electrons. The van der Waals surface area contributed by atoms with Crippen molar-refractivity contribution in [1.82, 2.24) is 5.32 Å². The highest BCUT2D eigenvalue weighted by Gasteiger charge is 2.10. The van der Waals surface area contributed by atoms with Crippen molar-refractivity contribution < 1.29 is 23.8 Å². The van der Waals surface area contributed by atoms with Gasteiger partial charge in [0.15, 0.2) is 6.61 Å². The van der Waals surface area contributed by atoms with Crippen molar-refractivity contribution in [1.29, 1.82) is 0 Å². The van der Waals surface area contributed by atoms with Gasteiger partial charge in [-0.25, -0.2) is 4.39 Å². The van der Waals surface area contributed by atoms with Gasteiger partial charge in [-0.05, 0) is 38.0 Å². The number of benzene rings is 1. The second kappa shape index (κ2) is 8.46. The van der Waals surface area contributed by atoms with E-state index in [1.54, 1.807) is 6.92 Å². The quantitative estimate of drug-likeness (QED) is 0.773. The van der Waals surface area contributed by atoms with E-state index in [0.717, 1.165) is 6.07 Å². The number of halogens is 2. The third kappa shape index (κ3) is 6.94. The summed E-state index contributed by atoms with van der Waals surface area (Å²) >= 11 is 5.76. The summed E-state index contributed by atoms with van der Waals surface area (Å²) in [5, 5.41) is 11.3. The minimum Gasteiger partial charge on any atom is -0.482 e. The number of nitrogens with one attached hydrogen (secondary N) is 1. The van der Waals surface area contributed by atoms with Gasteiger partial charge in [-0.3, -0.25) is 9.59 Å². The van der Waals surface area contributed by atoms with E-state index in [4.69, 9.17) is 21.4 Å². The van der Waals surface area contributed by atoms with E-state index >= 15 is 0 Å². The molecule has 0 aliphatic heterocycles. The summed E-state index contributed by atoms with van der Waals surface area (Å²) < 4.78 is 18.0. The van der Waals surface area contributed by atoms with Gasteiger partial charge < -0.3 is 15.2 Å². The molecule has 1 amide bonds. The number of amides is 1. The molecule has 0 saturated carbocycles. The van der Waals surface area contributed by atoms with E-state index in [0.29, 0.717) is 12.8 Å². The number of carboxylic acid groups (broad SMARTS) is 1. The zero-order valence-electron chi connectivity index (χ0n) is 11.6. The van der Waals surface area contributed by atoms with E-state index in [1.807, 2.05) is 0 Å². The van der Waals surface area contributed by atoms with Gasteiger partial charge in [-0.2, -0.15) is 0 Å². The zero-order chi connectivity index (χ0) is 15.8. The number of carboxylic acids is 1. The monoisotopic (exact) mass is 317 g/mol. The molecule has 5 nitrogen and oxygen atoms in total. The van der Waals surface area contributed by atoms with Crippen LogP contribution in [0.3, 0.4) is 0 Å². The molecule has 1 atom stereocenters. The van der Waals surface area contributed by atoms with Crippen LogP contribution in [0.1, 0.15) is 26.2 Å². The molecule has 0 bridgehead atoms. The molecule has 1 unspecified atom stereocenters. The maximum Gasteiger partial charge on any atom is 0.303 e. The average molecular weight is 318 g/mol. The van der Waals surface area contributed by atoms with Crippen LogP contribution < -0.4 is 10.1 Å². The van der Waals surface area contributed by atoms with Gasteiger partial charge in [0.25, 0.3) is 5.91 Å². The van der Waals surface area contributed by atoms with Gasteiger partial charge in [-0.15, -0.1) is 0 Å². The molecule has 2 N–H and O–H groups in total. The van der Waals surface area contributed by atoms with E-state index in [9.17, 15) is 14.0 Å². The maximum absolute atomic E-state index is 12.8. The van der Waals surface area contributed by atoms with Crippen LogP contribution in [0.15, 0.2) is 18.2 Å². The number of rotatable bonds is 8. The summed E-state index contributed by atoms with van der Waals surface area (Å²) in [6.07, 6.45) is 1.12. The van der Waals surface area contributed by atoms with Crippen LogP contribution in [0, 0.1) is 5.82 Å². The Bertz CT molecular complexity index is 510. The zero-order valence-corrected chi connectivity index (χ0v) is 12.3. The van der Waals surface area contributed by atoms with Crippen LogP contribution in [0.4, 0.5) is 4.39 Å². The predicted molar refractivity (Wildman–Crippen MR) is 76.0 cm³/mol. The van der Waals surface area contributed by atoms with Crippen molar-refractivity contribution in [3.05, 3.63) is 29.0 Å². The lowest BCUT2D eigenvalue weighted by Crippen LogP contribution is -2.36. The standard InChI is InChI=1S/C14H17ClFNO4/c1-9(3-2-4-14(19)20)17-13(18)8-21-12-6-5-10(16)7-11(12)15/h5-7,9H,2-4,8H2,1H3,(H,17,18)(H,19,20). The Morgan fingerprint density at radius 3 is 2.81 bits per heavy atom. The first-order valence-corrected chi connectivity index (χ1v) is 6.85. The van der Waals surface area contributed by atoms with E-state index in [-0.39, 0.29) is 35.7 Å². The molecule has 1 rings (SSSR count). The topological polar surface area (TPSA) is 75.6 Å². The van der Waals surface area contributed by atoms with Crippen molar-refractivity contribution in [2.24, 2.45) is 0 Å². The van der Waals surface area contributed by atoms with Crippen LogP contribution in [-0.2, 0) is 9.59 Å². The Kier molecular flexibility index (Phi) is 6.94. The first-order chi connectivity index (χ1) is 9.88. The fraction of sp³-hybridized carbons (Fsp3) is 0.429. The lowest BCUT2D eigenvalue weighted by atomic mass is 10.1. The summed E-state index contributed by atoms with van der Waals surface area (Å²) in [5.41, 5.74) is 0. The second-order valence-electron chi connectivity index (χ2n) is 4.62. The molecule has 0 saturated heterocycles. The van der Waals surface area contributed by atoms with Gasteiger partial charge in [0.2, 0.25) is 0 Å². The van der Waals surface area contributed by atoms with Gasteiger partial charge in [0.1, 0.15) is 11.6 Å². The highest BCUT2D eigenvalue weighted by atomic mass is 35.5. The number of aliphatic carboxylic acids is 1. The molecule has 1 aromatic carbocycles. The molecule has 0 fully saturated rings. The lowest BCUT2D eigenvalue weighted by Gasteiger charge is -2.14. The number of hydrogen-bond acceptors (Lipinski definition) is 3. The van der Waals surface area contributed by atoms with Crippen LogP contribution in [-0.4, -0.2) is 29.6 Å². The minimum atomic E-state index is -0.859. The molecular formula is C14H17ClFNO4. The Labute approximate surface area is 127 Å². The maximum atomic E-state index is 12.8. The van der Waals surface area contributed by atoms with Gasteiger partial charge in [0, 0.05) is 12.5 Å². The summed E-state index contributed by atoms with van der Waals surface area (Å²) in [6.45, 7) is 1.54. The van der Waals surface area contributed by atoms with Crippen molar-refractivity contribution >= 4 is 23.5 Å². The molecule has 0 heterocycles. The van der Waals surface area contributed by atoms with Crippen LogP contribution in [0.2, 0.25) is 5.02 Å². The number of carbonyl (C=O) groups excluding carboxylic acids is 1. The third-order valence-electron chi connectivity index (χ3n) is 2.69. The first-order valence-electron chi connectivity index (χ1n) is 6.47. The van der Waals surface area contributed by atoms with Gasteiger partial charge in [-0.1, -0.05) is 11.6 Å². The van der Waals surface area contributed by atoms with Crippen LogP contribution in [0.25, 0.3) is 0 Å². The number of ether oxygens (including phenoxy) is 1. The van der Waals surface area contributed by atoms with E-state index < -0.39 is 11.8 Å². The predicted octanol–water partition coefficient (Wildman–Crippen LogP) is 2.62. The molecule has 1 aromatic rings. The SMILES string of the molecule is CC(CCCC(=O)O)NC(=O)COc1ccc(F)cc1Cl. The van der Waals surface area contributed by atoms with Crippen molar-refractivity contribution in [2.45, 2.75) is 32.2 Å². The Morgan fingerprint density at radius 2 is 2.19 bits per heavy atom.